The number of hydrogen-bond acceptors (Lipinski definition) is 4. The summed E-state index contributed by atoms with van der Waals surface area (Å²) in [5.74, 6) is -0.101. The van der Waals surface area contributed by atoms with E-state index in [9.17, 15) is 4.79 Å². The Labute approximate surface area is 146 Å². The molecule has 1 amide bonds. The number of halogens is 1. The van der Waals surface area contributed by atoms with Crippen LogP contribution >= 0.6 is 22.9 Å². The molecule has 2 aromatic carbocycles. The van der Waals surface area contributed by atoms with Gasteiger partial charge in [-0.15, -0.1) is 11.3 Å². The summed E-state index contributed by atoms with van der Waals surface area (Å²) in [6.45, 7) is 0. The van der Waals surface area contributed by atoms with Crippen molar-refractivity contribution in [1.82, 2.24) is 4.98 Å². The molecule has 1 N–H and O–H groups in total. The molecule has 0 unspecified atom stereocenters. The van der Waals surface area contributed by atoms with Crippen LogP contribution in [-0.4, -0.2) is 10.9 Å². The van der Waals surface area contributed by atoms with Crippen LogP contribution in [0.25, 0.3) is 20.8 Å². The molecule has 4 aromatic rings. The maximum Gasteiger partial charge on any atom is 0.291 e. The van der Waals surface area contributed by atoms with E-state index in [-0.39, 0.29) is 11.7 Å². The molecular weight excluding hydrogens is 344 g/mol. The number of thiazole rings is 1. The Balaban J connectivity index is 1.63. The van der Waals surface area contributed by atoms with Crippen LogP contribution in [0.1, 0.15) is 10.6 Å². The van der Waals surface area contributed by atoms with Gasteiger partial charge in [-0.3, -0.25) is 4.79 Å². The van der Waals surface area contributed by atoms with E-state index in [0.717, 1.165) is 20.8 Å². The number of hydrogen-bond donors (Lipinski definition) is 1. The number of nitrogens with zero attached hydrogens (tertiary/aromatic N) is 1. The van der Waals surface area contributed by atoms with Crippen molar-refractivity contribution in [1.29, 1.82) is 0 Å². The Kier molecular flexibility index (Phi) is 3.80. The van der Waals surface area contributed by atoms with E-state index in [1.165, 1.54) is 6.26 Å². The Morgan fingerprint density at radius 3 is 2.75 bits per heavy atom. The molecule has 0 aliphatic heterocycles. The third kappa shape index (κ3) is 2.79. The van der Waals surface area contributed by atoms with Gasteiger partial charge in [0.05, 0.1) is 27.2 Å². The number of furan rings is 1. The van der Waals surface area contributed by atoms with Gasteiger partial charge in [0.2, 0.25) is 0 Å². The summed E-state index contributed by atoms with van der Waals surface area (Å²) >= 11 is 7.92. The molecule has 6 heteroatoms. The van der Waals surface area contributed by atoms with Gasteiger partial charge >= 0.3 is 0 Å². The highest BCUT2D eigenvalue weighted by molar-refractivity contribution is 7.21. The van der Waals surface area contributed by atoms with Crippen LogP contribution in [-0.2, 0) is 0 Å². The highest BCUT2D eigenvalue weighted by Gasteiger charge is 2.13. The Bertz CT molecular complexity index is 992. The third-order valence-corrected chi connectivity index (χ3v) is 4.90. The van der Waals surface area contributed by atoms with Crippen molar-refractivity contribution in [2.75, 3.05) is 5.32 Å². The minimum atomic E-state index is -0.338. The van der Waals surface area contributed by atoms with Crippen LogP contribution < -0.4 is 5.32 Å². The number of aromatic nitrogens is 1. The fourth-order valence-electron chi connectivity index (χ4n) is 2.34. The van der Waals surface area contributed by atoms with Crippen molar-refractivity contribution in [3.05, 3.63) is 71.6 Å². The summed E-state index contributed by atoms with van der Waals surface area (Å²) in [5.41, 5.74) is 2.41. The van der Waals surface area contributed by atoms with Gasteiger partial charge < -0.3 is 9.73 Å². The maximum absolute atomic E-state index is 12.0. The molecule has 0 saturated carbocycles. The lowest BCUT2D eigenvalue weighted by molar-refractivity contribution is 0.0996. The van der Waals surface area contributed by atoms with E-state index in [4.69, 9.17) is 16.0 Å². The summed E-state index contributed by atoms with van der Waals surface area (Å²) in [7, 11) is 0. The molecule has 4 nitrogen and oxygen atoms in total. The summed E-state index contributed by atoms with van der Waals surface area (Å²) in [4.78, 5) is 16.6. The molecule has 0 bridgehead atoms. The predicted molar refractivity (Wildman–Crippen MR) is 96.7 cm³/mol. The maximum atomic E-state index is 12.0. The van der Waals surface area contributed by atoms with Gasteiger partial charge in [0.15, 0.2) is 5.76 Å². The number of fused-ring (bicyclic) bond motifs is 1. The summed E-state index contributed by atoms with van der Waals surface area (Å²) in [6, 6.07) is 16.7. The van der Waals surface area contributed by atoms with E-state index in [2.05, 4.69) is 10.3 Å². The number of carbonyl (C=O) groups excluding carboxylic acids is 1. The Morgan fingerprint density at radius 2 is 2.00 bits per heavy atom. The molecular formula is C18H11ClN2O2S. The van der Waals surface area contributed by atoms with E-state index in [0.29, 0.717) is 10.7 Å². The number of carbonyl (C=O) groups is 1. The van der Waals surface area contributed by atoms with Crippen LogP contribution in [0.2, 0.25) is 5.02 Å². The monoisotopic (exact) mass is 354 g/mol. The van der Waals surface area contributed by atoms with Crippen molar-refractivity contribution in [3.63, 3.8) is 0 Å². The quantitative estimate of drug-likeness (QED) is 0.531. The van der Waals surface area contributed by atoms with E-state index < -0.39 is 0 Å². The molecule has 2 aromatic heterocycles. The largest absolute Gasteiger partial charge is 0.459 e. The molecule has 0 atom stereocenters. The van der Waals surface area contributed by atoms with E-state index >= 15 is 0 Å². The predicted octanol–water partition coefficient (Wildman–Crippen LogP) is 5.46. The van der Waals surface area contributed by atoms with E-state index in [1.807, 2.05) is 30.3 Å². The molecule has 0 radical (unpaired) electrons. The second-order valence-electron chi connectivity index (χ2n) is 5.11. The van der Waals surface area contributed by atoms with Gasteiger partial charge in [-0.25, -0.2) is 4.98 Å². The zero-order valence-corrected chi connectivity index (χ0v) is 13.9. The third-order valence-electron chi connectivity index (χ3n) is 3.50. The fourth-order valence-corrected chi connectivity index (χ4v) is 3.53. The summed E-state index contributed by atoms with van der Waals surface area (Å²) in [5, 5.41) is 4.08. The van der Waals surface area contributed by atoms with Gasteiger partial charge in [0.1, 0.15) is 5.01 Å². The molecule has 0 spiro atoms. The normalized spacial score (nSPS) is 10.9. The first-order chi connectivity index (χ1) is 11.7. The van der Waals surface area contributed by atoms with Crippen LogP contribution in [0.4, 0.5) is 5.69 Å². The molecule has 0 aliphatic rings. The van der Waals surface area contributed by atoms with Gasteiger partial charge in [-0.1, -0.05) is 23.7 Å². The number of para-hydroxylation sites is 1. The fraction of sp³-hybridized carbons (Fsp3) is 0. The second kappa shape index (κ2) is 6.11. The smallest absolute Gasteiger partial charge is 0.291 e. The van der Waals surface area contributed by atoms with Gasteiger partial charge in [0, 0.05) is 5.56 Å². The lowest BCUT2D eigenvalue weighted by atomic mass is 10.2. The molecule has 0 fully saturated rings. The SMILES string of the molecule is O=C(Nc1ccc(-c2nc3ccccc3s2)cc1Cl)c1ccco1. The van der Waals surface area contributed by atoms with E-state index in [1.54, 1.807) is 35.6 Å². The number of anilines is 1. The van der Waals surface area contributed by atoms with Crippen molar-refractivity contribution in [3.8, 4) is 10.6 Å². The average molecular weight is 355 g/mol. The number of benzene rings is 2. The van der Waals surface area contributed by atoms with Gasteiger partial charge in [-0.2, -0.15) is 0 Å². The average Bonchev–Trinajstić information content (AvgIpc) is 3.26. The highest BCUT2D eigenvalue weighted by atomic mass is 35.5. The standard InChI is InChI=1S/C18H11ClN2O2S/c19-12-10-11(18-21-14-4-1-2-6-16(14)24-18)7-8-13(12)20-17(22)15-5-3-9-23-15/h1-10H,(H,20,22). The van der Waals surface area contributed by atoms with Gasteiger partial charge in [-0.05, 0) is 42.5 Å². The van der Waals surface area contributed by atoms with Crippen LogP contribution in [0.5, 0.6) is 0 Å². The van der Waals surface area contributed by atoms with Crippen LogP contribution in [0.3, 0.4) is 0 Å². The zero-order chi connectivity index (χ0) is 16.5. The van der Waals surface area contributed by atoms with Crippen LogP contribution in [0, 0.1) is 0 Å². The summed E-state index contributed by atoms with van der Waals surface area (Å²) in [6.07, 6.45) is 1.45. The molecule has 118 valence electrons. The molecule has 0 aliphatic carbocycles. The first-order valence-electron chi connectivity index (χ1n) is 7.21. The Hall–Kier alpha value is -2.63. The van der Waals surface area contributed by atoms with Crippen LogP contribution in [0.15, 0.2) is 65.3 Å². The van der Waals surface area contributed by atoms with Crippen molar-refractivity contribution < 1.29 is 9.21 Å². The van der Waals surface area contributed by atoms with Crippen molar-refractivity contribution >= 4 is 44.7 Å². The first kappa shape index (κ1) is 14.9. The lowest BCUT2D eigenvalue weighted by Gasteiger charge is -2.07. The summed E-state index contributed by atoms with van der Waals surface area (Å²) < 4.78 is 6.19. The number of nitrogens with one attached hydrogen (secondary N) is 1. The molecule has 24 heavy (non-hydrogen) atoms. The topological polar surface area (TPSA) is 55.1 Å². The second-order valence-corrected chi connectivity index (χ2v) is 6.55. The Morgan fingerprint density at radius 1 is 1.12 bits per heavy atom. The minimum absolute atomic E-state index is 0.237. The van der Waals surface area contributed by atoms with Crippen molar-refractivity contribution in [2.24, 2.45) is 0 Å². The molecule has 4 rings (SSSR count). The minimum Gasteiger partial charge on any atom is -0.459 e. The number of amides is 1. The molecule has 0 saturated heterocycles. The number of rotatable bonds is 3. The highest BCUT2D eigenvalue weighted by Crippen LogP contribution is 2.33. The lowest BCUT2D eigenvalue weighted by Crippen LogP contribution is -2.11. The van der Waals surface area contributed by atoms with Crippen molar-refractivity contribution in [2.45, 2.75) is 0 Å². The molecule has 2 heterocycles. The van der Waals surface area contributed by atoms with Gasteiger partial charge in [0.25, 0.3) is 5.91 Å². The first-order valence-corrected chi connectivity index (χ1v) is 8.40. The zero-order valence-electron chi connectivity index (χ0n) is 12.3.